The summed E-state index contributed by atoms with van der Waals surface area (Å²) in [6.45, 7) is 10.7. The van der Waals surface area contributed by atoms with Gasteiger partial charge in [0.05, 0.1) is 0 Å². The Morgan fingerprint density at radius 3 is 2.06 bits per heavy atom. The summed E-state index contributed by atoms with van der Waals surface area (Å²) in [5.41, 5.74) is 5.63. The fourth-order valence-electron chi connectivity index (χ4n) is 4.02. The van der Waals surface area contributed by atoms with E-state index in [1.54, 1.807) is 0 Å². The van der Waals surface area contributed by atoms with Gasteiger partial charge in [-0.15, -0.1) is 0 Å². The predicted octanol–water partition coefficient (Wildman–Crippen LogP) is 5.77. The van der Waals surface area contributed by atoms with E-state index in [0.29, 0.717) is 30.9 Å². The quantitative estimate of drug-likeness (QED) is 0.418. The van der Waals surface area contributed by atoms with Gasteiger partial charge in [0.1, 0.15) is 0 Å². The SMILES string of the molecule is CCc1cccc2c1N(C)Cc1cc(OC(=O)CC(C)C)c(OC(=O)CC(C)C)cc1-2. The first-order valence-electron chi connectivity index (χ1n) is 11.1. The van der Waals surface area contributed by atoms with Gasteiger partial charge in [0.2, 0.25) is 0 Å². The molecule has 0 amide bonds. The number of carbonyl (C=O) groups is 2. The average molecular weight is 424 g/mol. The van der Waals surface area contributed by atoms with Crippen LogP contribution in [0.2, 0.25) is 0 Å². The first-order chi connectivity index (χ1) is 14.7. The highest BCUT2D eigenvalue weighted by atomic mass is 16.6. The van der Waals surface area contributed by atoms with E-state index in [4.69, 9.17) is 9.47 Å². The predicted molar refractivity (Wildman–Crippen MR) is 124 cm³/mol. The minimum atomic E-state index is -0.327. The molecule has 0 unspecified atom stereocenters. The Bertz CT molecular complexity index is 978. The van der Waals surface area contributed by atoms with Gasteiger partial charge >= 0.3 is 11.9 Å². The maximum absolute atomic E-state index is 12.4. The molecular weight excluding hydrogens is 390 g/mol. The molecular formula is C26H33NO4. The van der Waals surface area contributed by atoms with E-state index in [2.05, 4.69) is 37.1 Å². The largest absolute Gasteiger partial charge is 0.422 e. The number of carbonyl (C=O) groups excluding carboxylic acids is 2. The van der Waals surface area contributed by atoms with Crippen molar-refractivity contribution >= 4 is 17.6 Å². The number of aryl methyl sites for hydroxylation is 1. The summed E-state index contributed by atoms with van der Waals surface area (Å²) in [7, 11) is 2.07. The molecule has 5 nitrogen and oxygen atoms in total. The summed E-state index contributed by atoms with van der Waals surface area (Å²) < 4.78 is 11.4. The monoisotopic (exact) mass is 423 g/mol. The van der Waals surface area contributed by atoms with E-state index in [-0.39, 0.29) is 23.8 Å². The molecule has 0 aromatic heterocycles. The fourth-order valence-corrected chi connectivity index (χ4v) is 4.02. The Kier molecular flexibility index (Phi) is 7.04. The second kappa shape index (κ2) is 9.54. The van der Waals surface area contributed by atoms with Crippen molar-refractivity contribution in [2.75, 3.05) is 11.9 Å². The third-order valence-corrected chi connectivity index (χ3v) is 5.35. The third-order valence-electron chi connectivity index (χ3n) is 5.35. The van der Waals surface area contributed by atoms with Crippen molar-refractivity contribution in [1.82, 2.24) is 0 Å². The van der Waals surface area contributed by atoms with Crippen LogP contribution in [0.1, 0.15) is 58.6 Å². The summed E-state index contributed by atoms with van der Waals surface area (Å²) in [5.74, 6) is 0.325. The van der Waals surface area contributed by atoms with Crippen molar-refractivity contribution in [1.29, 1.82) is 0 Å². The normalized spacial score (nSPS) is 12.6. The standard InChI is InChI=1S/C26H33NO4/c1-7-18-9-8-10-20-21-14-23(31-25(29)12-17(4)5)22(30-24(28)11-16(2)3)13-19(21)15-27(6)26(18)20/h8-10,13-14,16-17H,7,11-12,15H2,1-6H3. The second-order valence-corrected chi connectivity index (χ2v) is 9.12. The minimum Gasteiger partial charge on any atom is -0.422 e. The summed E-state index contributed by atoms with van der Waals surface area (Å²) in [6, 6.07) is 10.0. The average Bonchev–Trinajstić information content (AvgIpc) is 2.67. The van der Waals surface area contributed by atoms with Crippen LogP contribution < -0.4 is 14.4 Å². The van der Waals surface area contributed by atoms with Crippen LogP contribution in [0.3, 0.4) is 0 Å². The smallest absolute Gasteiger partial charge is 0.311 e. The summed E-state index contributed by atoms with van der Waals surface area (Å²) >= 11 is 0. The third kappa shape index (κ3) is 5.27. The van der Waals surface area contributed by atoms with Gasteiger partial charge in [-0.05, 0) is 47.1 Å². The van der Waals surface area contributed by atoms with Gasteiger partial charge in [-0.1, -0.05) is 52.8 Å². The van der Waals surface area contributed by atoms with E-state index >= 15 is 0 Å². The molecule has 5 heteroatoms. The van der Waals surface area contributed by atoms with Crippen molar-refractivity contribution in [2.45, 2.75) is 60.4 Å². The lowest BCUT2D eigenvalue weighted by Gasteiger charge is -2.32. The highest BCUT2D eigenvalue weighted by Gasteiger charge is 2.26. The molecule has 0 aliphatic carbocycles. The maximum atomic E-state index is 12.4. The number of anilines is 1. The number of fused-ring (bicyclic) bond motifs is 3. The van der Waals surface area contributed by atoms with E-state index in [0.717, 1.165) is 23.1 Å². The number of ether oxygens (including phenoxy) is 2. The highest BCUT2D eigenvalue weighted by molar-refractivity contribution is 5.88. The van der Waals surface area contributed by atoms with Crippen molar-refractivity contribution in [3.05, 3.63) is 41.5 Å². The van der Waals surface area contributed by atoms with Crippen molar-refractivity contribution in [3.8, 4) is 22.6 Å². The summed E-state index contributed by atoms with van der Waals surface area (Å²) in [6.07, 6.45) is 1.54. The topological polar surface area (TPSA) is 55.8 Å². The van der Waals surface area contributed by atoms with Crippen molar-refractivity contribution in [2.24, 2.45) is 11.8 Å². The Morgan fingerprint density at radius 2 is 1.52 bits per heavy atom. The van der Waals surface area contributed by atoms with Crippen LogP contribution in [0.25, 0.3) is 11.1 Å². The van der Waals surface area contributed by atoms with Crippen LogP contribution in [-0.2, 0) is 22.6 Å². The molecule has 2 aromatic carbocycles. The molecule has 1 aliphatic heterocycles. The van der Waals surface area contributed by atoms with Gasteiger partial charge in [0.25, 0.3) is 0 Å². The van der Waals surface area contributed by atoms with E-state index in [1.165, 1.54) is 11.3 Å². The van der Waals surface area contributed by atoms with Gasteiger partial charge < -0.3 is 14.4 Å². The van der Waals surface area contributed by atoms with Gasteiger partial charge in [-0.3, -0.25) is 9.59 Å². The Hall–Kier alpha value is -2.82. The number of rotatable bonds is 7. The molecule has 1 aliphatic rings. The van der Waals surface area contributed by atoms with E-state index in [9.17, 15) is 9.59 Å². The van der Waals surface area contributed by atoms with E-state index in [1.807, 2.05) is 39.8 Å². The zero-order valence-electron chi connectivity index (χ0n) is 19.5. The lowest BCUT2D eigenvalue weighted by atomic mass is 9.90. The number of esters is 2. The zero-order valence-corrected chi connectivity index (χ0v) is 19.5. The van der Waals surface area contributed by atoms with Crippen molar-refractivity contribution < 1.29 is 19.1 Å². The molecule has 2 aromatic rings. The van der Waals surface area contributed by atoms with Crippen LogP contribution in [-0.4, -0.2) is 19.0 Å². The molecule has 166 valence electrons. The molecule has 31 heavy (non-hydrogen) atoms. The molecule has 0 saturated carbocycles. The van der Waals surface area contributed by atoms with Crippen LogP contribution in [0.5, 0.6) is 11.5 Å². The van der Waals surface area contributed by atoms with Gasteiger partial charge in [-0.25, -0.2) is 0 Å². The number of nitrogens with zero attached hydrogens (tertiary/aromatic N) is 1. The molecule has 0 bridgehead atoms. The zero-order chi connectivity index (χ0) is 22.7. The number of para-hydroxylation sites is 1. The first-order valence-corrected chi connectivity index (χ1v) is 11.1. The molecule has 3 rings (SSSR count). The van der Waals surface area contributed by atoms with Crippen molar-refractivity contribution in [3.63, 3.8) is 0 Å². The van der Waals surface area contributed by atoms with Gasteiger partial charge in [-0.2, -0.15) is 0 Å². The molecule has 0 saturated heterocycles. The number of benzene rings is 2. The highest BCUT2D eigenvalue weighted by Crippen LogP contribution is 2.45. The van der Waals surface area contributed by atoms with E-state index < -0.39 is 0 Å². The van der Waals surface area contributed by atoms with Crippen LogP contribution in [0, 0.1) is 11.8 Å². The molecule has 0 spiro atoms. The van der Waals surface area contributed by atoms with Crippen LogP contribution in [0.15, 0.2) is 30.3 Å². The van der Waals surface area contributed by atoms with Crippen LogP contribution >= 0.6 is 0 Å². The Balaban J connectivity index is 2.07. The first kappa shape index (κ1) is 22.9. The molecule has 0 atom stereocenters. The Morgan fingerprint density at radius 1 is 0.935 bits per heavy atom. The van der Waals surface area contributed by atoms with Gasteiger partial charge in [0.15, 0.2) is 11.5 Å². The molecule has 0 N–H and O–H groups in total. The minimum absolute atomic E-state index is 0.179. The maximum Gasteiger partial charge on any atom is 0.311 e. The van der Waals surface area contributed by atoms with Gasteiger partial charge in [0, 0.05) is 37.7 Å². The fraction of sp³-hybridized carbons (Fsp3) is 0.462. The molecule has 0 fully saturated rings. The second-order valence-electron chi connectivity index (χ2n) is 9.12. The molecule has 0 radical (unpaired) electrons. The number of hydrogen-bond acceptors (Lipinski definition) is 5. The lowest BCUT2D eigenvalue weighted by molar-refractivity contribution is -0.138. The Labute approximate surface area is 185 Å². The van der Waals surface area contributed by atoms with Crippen LogP contribution in [0.4, 0.5) is 5.69 Å². The number of hydrogen-bond donors (Lipinski definition) is 0. The lowest BCUT2D eigenvalue weighted by Crippen LogP contribution is -2.23. The molecule has 1 heterocycles. The summed E-state index contributed by atoms with van der Waals surface area (Å²) in [4.78, 5) is 27.0. The summed E-state index contributed by atoms with van der Waals surface area (Å²) in [5, 5.41) is 0.